The molecule has 1 aromatic carbocycles. The molecule has 0 heterocycles. The Balaban J connectivity index is 2.76. The molecule has 0 aromatic heterocycles. The lowest BCUT2D eigenvalue weighted by Crippen LogP contribution is -2.32. The van der Waals surface area contributed by atoms with Crippen LogP contribution in [0.5, 0.6) is 0 Å². The quantitative estimate of drug-likeness (QED) is 0.428. The smallest absolute Gasteiger partial charge is 0.123 e. The fourth-order valence-electron chi connectivity index (χ4n) is 2.22. The van der Waals surface area contributed by atoms with E-state index in [2.05, 4.69) is 31.7 Å². The van der Waals surface area contributed by atoms with E-state index in [1.165, 1.54) is 19.3 Å². The van der Waals surface area contributed by atoms with Crippen LogP contribution < -0.4 is 5.73 Å². The summed E-state index contributed by atoms with van der Waals surface area (Å²) in [6, 6.07) is 8.48. The zero-order valence-corrected chi connectivity index (χ0v) is 12.4. The average Bonchev–Trinajstić information content (AvgIpc) is 2.38. The van der Waals surface area contributed by atoms with Crippen LogP contribution in [-0.2, 0) is 6.54 Å². The van der Waals surface area contributed by atoms with Gasteiger partial charge in [-0.15, -0.1) is 0 Å². The Morgan fingerprint density at radius 3 is 2.53 bits per heavy atom. The number of amidine groups is 1. The van der Waals surface area contributed by atoms with E-state index in [1.54, 1.807) is 0 Å². The summed E-state index contributed by atoms with van der Waals surface area (Å²) in [6.45, 7) is 8.66. The third-order valence-corrected chi connectivity index (χ3v) is 3.46. The standard InChI is InChI=1S/C16H27N3/c1-4-5-8-11-19(13(2)3)12-14-9-6-7-10-15(14)16(17)18/h6-7,9-10,13H,4-5,8,11-12H2,1-3H3,(H3,17,18). The van der Waals surface area contributed by atoms with Crippen LogP contribution in [0.1, 0.15) is 51.2 Å². The van der Waals surface area contributed by atoms with Gasteiger partial charge in [0.25, 0.3) is 0 Å². The van der Waals surface area contributed by atoms with Crippen molar-refractivity contribution in [1.29, 1.82) is 5.41 Å². The second kappa shape index (κ2) is 7.95. The van der Waals surface area contributed by atoms with Gasteiger partial charge in [0.2, 0.25) is 0 Å². The van der Waals surface area contributed by atoms with Gasteiger partial charge in [-0.25, -0.2) is 0 Å². The van der Waals surface area contributed by atoms with E-state index >= 15 is 0 Å². The van der Waals surface area contributed by atoms with Crippen LogP contribution in [0.3, 0.4) is 0 Å². The lowest BCUT2D eigenvalue weighted by atomic mass is 10.1. The fraction of sp³-hybridized carbons (Fsp3) is 0.562. The highest BCUT2D eigenvalue weighted by atomic mass is 15.1. The van der Waals surface area contributed by atoms with Crippen LogP contribution in [0.4, 0.5) is 0 Å². The van der Waals surface area contributed by atoms with Crippen molar-refractivity contribution in [3.05, 3.63) is 35.4 Å². The molecule has 3 heteroatoms. The number of benzene rings is 1. The second-order valence-corrected chi connectivity index (χ2v) is 5.34. The molecule has 0 saturated heterocycles. The summed E-state index contributed by atoms with van der Waals surface area (Å²) in [5, 5.41) is 7.66. The number of hydrogen-bond acceptors (Lipinski definition) is 2. The van der Waals surface area contributed by atoms with Gasteiger partial charge in [0.15, 0.2) is 0 Å². The number of nitrogen functional groups attached to an aromatic ring is 1. The predicted octanol–water partition coefficient (Wildman–Crippen LogP) is 3.37. The molecule has 0 aliphatic rings. The highest BCUT2D eigenvalue weighted by Crippen LogP contribution is 2.14. The Morgan fingerprint density at radius 2 is 1.95 bits per heavy atom. The normalized spacial score (nSPS) is 11.2. The van der Waals surface area contributed by atoms with Gasteiger partial charge in [0.1, 0.15) is 5.84 Å². The van der Waals surface area contributed by atoms with Crippen molar-refractivity contribution < 1.29 is 0 Å². The van der Waals surface area contributed by atoms with Crippen molar-refractivity contribution in [3.63, 3.8) is 0 Å². The third-order valence-electron chi connectivity index (χ3n) is 3.46. The summed E-state index contributed by atoms with van der Waals surface area (Å²) in [6.07, 6.45) is 3.75. The first kappa shape index (κ1) is 15.7. The van der Waals surface area contributed by atoms with Crippen LogP contribution >= 0.6 is 0 Å². The van der Waals surface area contributed by atoms with Gasteiger partial charge in [0, 0.05) is 18.2 Å². The Hall–Kier alpha value is -1.35. The molecule has 3 N–H and O–H groups in total. The molecule has 3 nitrogen and oxygen atoms in total. The van der Waals surface area contributed by atoms with Crippen molar-refractivity contribution in [2.75, 3.05) is 6.54 Å². The van der Waals surface area contributed by atoms with Gasteiger partial charge in [-0.1, -0.05) is 44.0 Å². The van der Waals surface area contributed by atoms with Crippen LogP contribution in [0.2, 0.25) is 0 Å². The maximum atomic E-state index is 7.66. The Morgan fingerprint density at radius 1 is 1.26 bits per heavy atom. The van der Waals surface area contributed by atoms with Gasteiger partial charge in [0.05, 0.1) is 0 Å². The van der Waals surface area contributed by atoms with Gasteiger partial charge in [-0.2, -0.15) is 0 Å². The molecule has 0 unspecified atom stereocenters. The van der Waals surface area contributed by atoms with Gasteiger partial charge >= 0.3 is 0 Å². The first-order valence-electron chi connectivity index (χ1n) is 7.22. The predicted molar refractivity (Wildman–Crippen MR) is 82.5 cm³/mol. The van der Waals surface area contributed by atoms with Crippen LogP contribution in [0.15, 0.2) is 24.3 Å². The Bertz CT molecular complexity index is 399. The van der Waals surface area contributed by atoms with E-state index in [9.17, 15) is 0 Å². The summed E-state index contributed by atoms with van der Waals surface area (Å²) < 4.78 is 0. The number of nitrogens with one attached hydrogen (secondary N) is 1. The first-order valence-corrected chi connectivity index (χ1v) is 7.22. The monoisotopic (exact) mass is 261 g/mol. The number of nitrogens with zero attached hydrogens (tertiary/aromatic N) is 1. The van der Waals surface area contributed by atoms with Crippen LogP contribution in [-0.4, -0.2) is 23.3 Å². The molecular formula is C16H27N3. The topological polar surface area (TPSA) is 53.1 Å². The summed E-state index contributed by atoms with van der Waals surface area (Å²) in [7, 11) is 0. The van der Waals surface area contributed by atoms with Crippen LogP contribution in [0.25, 0.3) is 0 Å². The molecule has 0 bridgehead atoms. The maximum absolute atomic E-state index is 7.66. The minimum atomic E-state index is 0.160. The Kier molecular flexibility index (Phi) is 6.57. The van der Waals surface area contributed by atoms with Crippen molar-refractivity contribution in [2.45, 2.75) is 52.6 Å². The lowest BCUT2D eigenvalue weighted by molar-refractivity contribution is 0.208. The number of nitrogens with two attached hydrogens (primary N) is 1. The lowest BCUT2D eigenvalue weighted by Gasteiger charge is -2.27. The van der Waals surface area contributed by atoms with E-state index in [-0.39, 0.29) is 5.84 Å². The summed E-state index contributed by atoms with van der Waals surface area (Å²) >= 11 is 0. The van der Waals surface area contributed by atoms with Crippen molar-refractivity contribution >= 4 is 5.84 Å². The first-order chi connectivity index (χ1) is 9.06. The van der Waals surface area contributed by atoms with Crippen molar-refractivity contribution in [3.8, 4) is 0 Å². The van der Waals surface area contributed by atoms with E-state index in [4.69, 9.17) is 11.1 Å². The van der Waals surface area contributed by atoms with Crippen molar-refractivity contribution in [1.82, 2.24) is 4.90 Å². The maximum Gasteiger partial charge on any atom is 0.123 e. The zero-order valence-electron chi connectivity index (χ0n) is 12.4. The Labute approximate surface area is 117 Å². The molecule has 0 spiro atoms. The number of unbranched alkanes of at least 4 members (excludes halogenated alkanes) is 2. The van der Waals surface area contributed by atoms with Gasteiger partial charge in [-0.05, 0) is 32.4 Å². The largest absolute Gasteiger partial charge is 0.384 e. The molecule has 106 valence electrons. The molecule has 0 aliphatic carbocycles. The van der Waals surface area contributed by atoms with Crippen LogP contribution in [0, 0.1) is 5.41 Å². The molecular weight excluding hydrogens is 234 g/mol. The molecule has 1 rings (SSSR count). The van der Waals surface area contributed by atoms with Crippen molar-refractivity contribution in [2.24, 2.45) is 5.73 Å². The highest BCUT2D eigenvalue weighted by molar-refractivity contribution is 5.96. The minimum Gasteiger partial charge on any atom is -0.384 e. The minimum absolute atomic E-state index is 0.160. The molecule has 0 aliphatic heterocycles. The zero-order chi connectivity index (χ0) is 14.3. The van der Waals surface area contributed by atoms with E-state index in [1.807, 2.05) is 18.2 Å². The molecule has 0 atom stereocenters. The van der Waals surface area contributed by atoms with E-state index in [0.29, 0.717) is 6.04 Å². The molecule has 1 aromatic rings. The molecule has 0 fully saturated rings. The van der Waals surface area contributed by atoms with Gasteiger partial charge in [-0.3, -0.25) is 10.3 Å². The molecule has 0 amide bonds. The average molecular weight is 261 g/mol. The highest BCUT2D eigenvalue weighted by Gasteiger charge is 2.12. The fourth-order valence-corrected chi connectivity index (χ4v) is 2.22. The summed E-state index contributed by atoms with van der Waals surface area (Å²) in [5.74, 6) is 0.160. The summed E-state index contributed by atoms with van der Waals surface area (Å²) in [5.41, 5.74) is 7.67. The molecule has 0 saturated carbocycles. The SMILES string of the molecule is CCCCCN(Cc1ccccc1C(=N)N)C(C)C. The van der Waals surface area contributed by atoms with E-state index < -0.39 is 0 Å². The second-order valence-electron chi connectivity index (χ2n) is 5.34. The molecule has 19 heavy (non-hydrogen) atoms. The summed E-state index contributed by atoms with van der Waals surface area (Å²) in [4.78, 5) is 2.46. The third kappa shape index (κ3) is 5.03. The number of rotatable bonds is 8. The van der Waals surface area contributed by atoms with Gasteiger partial charge < -0.3 is 5.73 Å². The number of hydrogen-bond donors (Lipinski definition) is 2. The molecule has 0 radical (unpaired) electrons. The van der Waals surface area contributed by atoms with E-state index in [0.717, 1.165) is 24.2 Å².